The van der Waals surface area contributed by atoms with Crippen molar-refractivity contribution in [3.8, 4) is 5.75 Å². The smallest absolute Gasteiger partial charge is 0.232 e. The molecule has 0 saturated heterocycles. The summed E-state index contributed by atoms with van der Waals surface area (Å²) in [6, 6.07) is 15.1. The molecular formula is C18H18N5O2-. The molecule has 7 heteroatoms. The van der Waals surface area contributed by atoms with E-state index in [9.17, 15) is 4.79 Å². The van der Waals surface area contributed by atoms with Crippen LogP contribution < -0.4 is 15.2 Å². The number of aryl methyl sites for hydroxylation is 1. The largest absolute Gasteiger partial charge is 0.497 e. The van der Waals surface area contributed by atoms with Gasteiger partial charge in [0.15, 0.2) is 0 Å². The number of nitrogens with one attached hydrogen (secondary N) is 1. The molecule has 3 rings (SSSR count). The van der Waals surface area contributed by atoms with Crippen LogP contribution in [-0.2, 0) is 11.2 Å². The Labute approximate surface area is 145 Å². The number of carbonyl (C=O) groups is 1. The number of hydrogen-bond acceptors (Lipinski definition) is 5. The van der Waals surface area contributed by atoms with Crippen LogP contribution in [0.2, 0.25) is 0 Å². The molecule has 3 aromatic rings. The fourth-order valence-corrected chi connectivity index (χ4v) is 2.57. The first-order valence-corrected chi connectivity index (χ1v) is 7.85. The summed E-state index contributed by atoms with van der Waals surface area (Å²) in [5.41, 5.74) is 2.83. The second kappa shape index (κ2) is 7.57. The van der Waals surface area contributed by atoms with Crippen LogP contribution in [0.3, 0.4) is 0 Å². The second-order valence-electron chi connectivity index (χ2n) is 5.70. The number of benzene rings is 2. The van der Waals surface area contributed by atoms with E-state index in [0.717, 1.165) is 16.9 Å². The van der Waals surface area contributed by atoms with E-state index in [0.29, 0.717) is 17.9 Å². The molecule has 1 heterocycles. The number of carbonyl (C=O) groups excluding carboxylic acids is 1. The van der Waals surface area contributed by atoms with Crippen molar-refractivity contribution in [3.05, 3.63) is 65.5 Å². The maximum Gasteiger partial charge on any atom is 0.232 e. The van der Waals surface area contributed by atoms with Crippen molar-refractivity contribution in [2.45, 2.75) is 19.3 Å². The quantitative estimate of drug-likeness (QED) is 0.741. The maximum atomic E-state index is 12.8. The SMILES string of the molecule is COc1ccc(NC(=O)[C@@H](Cc2cccc(C)c2)c2nnn[n-]2)cc1. The molecule has 0 bridgehead atoms. The summed E-state index contributed by atoms with van der Waals surface area (Å²) in [6.07, 6.45) is 0.469. The first-order valence-electron chi connectivity index (χ1n) is 7.85. The Kier molecular flexibility index (Phi) is 5.03. The average Bonchev–Trinajstić information content (AvgIpc) is 3.14. The summed E-state index contributed by atoms with van der Waals surface area (Å²) in [7, 11) is 1.60. The molecule has 1 N–H and O–H groups in total. The van der Waals surface area contributed by atoms with E-state index in [-0.39, 0.29) is 5.91 Å². The van der Waals surface area contributed by atoms with Crippen LogP contribution in [0.5, 0.6) is 5.75 Å². The molecule has 0 aliphatic rings. The predicted molar refractivity (Wildman–Crippen MR) is 92.4 cm³/mol. The lowest BCUT2D eigenvalue weighted by atomic mass is 9.96. The molecule has 1 atom stereocenters. The molecule has 0 fully saturated rings. The zero-order valence-electron chi connectivity index (χ0n) is 14.0. The Morgan fingerprint density at radius 3 is 2.68 bits per heavy atom. The van der Waals surface area contributed by atoms with Gasteiger partial charge in [0.25, 0.3) is 0 Å². The lowest BCUT2D eigenvalue weighted by molar-refractivity contribution is -0.117. The van der Waals surface area contributed by atoms with Crippen LogP contribution in [0.15, 0.2) is 48.5 Å². The highest BCUT2D eigenvalue weighted by Gasteiger charge is 2.21. The molecule has 0 saturated carbocycles. The van der Waals surface area contributed by atoms with E-state index < -0.39 is 5.92 Å². The molecule has 0 aliphatic carbocycles. The number of nitrogens with zero attached hydrogens (tertiary/aromatic N) is 4. The van der Waals surface area contributed by atoms with Crippen LogP contribution in [0.25, 0.3) is 0 Å². The van der Waals surface area contributed by atoms with Gasteiger partial charge in [-0.2, -0.15) is 5.21 Å². The standard InChI is InChI=1S/C18H19N5O2/c1-12-4-3-5-13(10-12)11-16(17-20-22-23-21-17)18(24)19-14-6-8-15(25-2)9-7-14/h3-10,16H,11H2,1-2H3,(H2,19,20,21,22,23,24)/p-1/t16-/m0/s1. The fourth-order valence-electron chi connectivity index (χ4n) is 2.57. The van der Waals surface area contributed by atoms with Crippen molar-refractivity contribution < 1.29 is 9.53 Å². The Hall–Kier alpha value is -3.22. The molecule has 2 aromatic carbocycles. The number of methoxy groups -OCH3 is 1. The van der Waals surface area contributed by atoms with Crippen molar-refractivity contribution in [1.82, 2.24) is 20.6 Å². The van der Waals surface area contributed by atoms with Crippen molar-refractivity contribution in [1.29, 1.82) is 0 Å². The molecular weight excluding hydrogens is 318 g/mol. The van der Waals surface area contributed by atoms with E-state index >= 15 is 0 Å². The van der Waals surface area contributed by atoms with Crippen molar-refractivity contribution in [2.75, 3.05) is 12.4 Å². The normalized spacial score (nSPS) is 11.8. The van der Waals surface area contributed by atoms with E-state index in [1.807, 2.05) is 31.2 Å². The van der Waals surface area contributed by atoms with Gasteiger partial charge >= 0.3 is 0 Å². The molecule has 128 valence electrons. The van der Waals surface area contributed by atoms with Gasteiger partial charge in [0, 0.05) is 11.5 Å². The summed E-state index contributed by atoms with van der Waals surface area (Å²) in [5.74, 6) is 0.259. The summed E-state index contributed by atoms with van der Waals surface area (Å²) in [4.78, 5) is 12.8. The lowest BCUT2D eigenvalue weighted by Crippen LogP contribution is -2.24. The lowest BCUT2D eigenvalue weighted by Gasteiger charge is -2.17. The molecule has 25 heavy (non-hydrogen) atoms. The second-order valence-corrected chi connectivity index (χ2v) is 5.70. The van der Waals surface area contributed by atoms with Gasteiger partial charge in [-0.25, -0.2) is 0 Å². The third-order valence-electron chi connectivity index (χ3n) is 3.84. The monoisotopic (exact) mass is 336 g/mol. The van der Waals surface area contributed by atoms with Gasteiger partial charge in [0.2, 0.25) is 5.91 Å². The molecule has 1 aromatic heterocycles. The van der Waals surface area contributed by atoms with Crippen LogP contribution in [0.4, 0.5) is 5.69 Å². The maximum absolute atomic E-state index is 12.8. The van der Waals surface area contributed by atoms with Crippen LogP contribution in [0, 0.1) is 6.92 Å². The van der Waals surface area contributed by atoms with Gasteiger partial charge in [0.1, 0.15) is 5.75 Å². The Balaban J connectivity index is 1.79. The summed E-state index contributed by atoms with van der Waals surface area (Å²) >= 11 is 0. The van der Waals surface area contributed by atoms with Crippen LogP contribution >= 0.6 is 0 Å². The van der Waals surface area contributed by atoms with E-state index in [1.165, 1.54) is 0 Å². The highest BCUT2D eigenvalue weighted by Crippen LogP contribution is 2.21. The molecule has 0 spiro atoms. The number of ether oxygens (including phenoxy) is 1. The number of anilines is 1. The minimum absolute atomic E-state index is 0.207. The van der Waals surface area contributed by atoms with E-state index in [4.69, 9.17) is 4.74 Å². The van der Waals surface area contributed by atoms with Gasteiger partial charge in [-0.1, -0.05) is 29.8 Å². The van der Waals surface area contributed by atoms with Gasteiger partial charge < -0.3 is 15.2 Å². The third-order valence-corrected chi connectivity index (χ3v) is 3.84. The van der Waals surface area contributed by atoms with Crippen molar-refractivity contribution >= 4 is 11.6 Å². The number of aromatic nitrogens is 4. The van der Waals surface area contributed by atoms with Crippen LogP contribution in [-0.4, -0.2) is 28.5 Å². The number of tetrazole rings is 1. The molecule has 0 unspecified atom stereocenters. The summed E-state index contributed by atoms with van der Waals surface area (Å²) in [5, 5.41) is 17.6. The van der Waals surface area contributed by atoms with Crippen molar-refractivity contribution in [2.24, 2.45) is 0 Å². The topological polar surface area (TPSA) is 91.1 Å². The van der Waals surface area contributed by atoms with Crippen molar-refractivity contribution in [3.63, 3.8) is 0 Å². The third kappa shape index (κ3) is 4.20. The van der Waals surface area contributed by atoms with Gasteiger partial charge in [-0.15, -0.1) is 0 Å². The highest BCUT2D eigenvalue weighted by atomic mass is 16.5. The first-order chi connectivity index (χ1) is 12.2. The minimum Gasteiger partial charge on any atom is -0.497 e. The summed E-state index contributed by atoms with van der Waals surface area (Å²) < 4.78 is 5.12. The zero-order chi connectivity index (χ0) is 17.6. The summed E-state index contributed by atoms with van der Waals surface area (Å²) in [6.45, 7) is 2.01. The van der Waals surface area contributed by atoms with E-state index in [1.54, 1.807) is 31.4 Å². The number of amides is 1. The predicted octanol–water partition coefficient (Wildman–Crippen LogP) is 2.11. The minimum atomic E-state index is -0.570. The Morgan fingerprint density at radius 2 is 2.04 bits per heavy atom. The van der Waals surface area contributed by atoms with Crippen LogP contribution in [0.1, 0.15) is 22.9 Å². The van der Waals surface area contributed by atoms with Gasteiger partial charge in [-0.3, -0.25) is 15.1 Å². The highest BCUT2D eigenvalue weighted by molar-refractivity contribution is 5.95. The molecule has 0 aliphatic heterocycles. The fraction of sp³-hybridized carbons (Fsp3) is 0.222. The number of hydrogen-bond donors (Lipinski definition) is 1. The molecule has 7 nitrogen and oxygen atoms in total. The molecule has 1 amide bonds. The first kappa shape index (κ1) is 16.6. The zero-order valence-corrected chi connectivity index (χ0v) is 14.0. The number of rotatable bonds is 6. The Morgan fingerprint density at radius 1 is 1.24 bits per heavy atom. The van der Waals surface area contributed by atoms with E-state index in [2.05, 4.69) is 25.9 Å². The average molecular weight is 336 g/mol. The van der Waals surface area contributed by atoms with Gasteiger partial charge in [0.05, 0.1) is 13.0 Å². The molecule has 0 radical (unpaired) electrons. The van der Waals surface area contributed by atoms with Gasteiger partial charge in [-0.05, 0) is 43.2 Å². The Bertz CT molecular complexity index is 831.